The second kappa shape index (κ2) is 6.16. The summed E-state index contributed by atoms with van der Waals surface area (Å²) in [5, 5.41) is 4.30. The average Bonchev–Trinajstić information content (AvgIpc) is 3.31. The van der Waals surface area contributed by atoms with Crippen LogP contribution >= 0.6 is 0 Å². The van der Waals surface area contributed by atoms with E-state index in [-0.39, 0.29) is 18.3 Å². The number of para-hydroxylation sites is 1. The lowest BCUT2D eigenvalue weighted by Gasteiger charge is -2.08. The molecular formula is C21H17N3O4. The monoisotopic (exact) mass is 375 g/mol. The number of aryl methyl sites for hydroxylation is 1. The van der Waals surface area contributed by atoms with E-state index in [1.807, 2.05) is 42.5 Å². The molecule has 0 atom stereocenters. The quantitative estimate of drug-likeness (QED) is 0.577. The summed E-state index contributed by atoms with van der Waals surface area (Å²) in [6, 6.07) is 14.8. The predicted molar refractivity (Wildman–Crippen MR) is 105 cm³/mol. The molecule has 0 unspecified atom stereocenters. The van der Waals surface area contributed by atoms with Crippen LogP contribution in [-0.4, -0.2) is 22.3 Å². The van der Waals surface area contributed by atoms with E-state index in [4.69, 9.17) is 9.47 Å². The van der Waals surface area contributed by atoms with E-state index >= 15 is 0 Å². The van der Waals surface area contributed by atoms with E-state index in [1.54, 1.807) is 17.7 Å². The molecule has 5 rings (SSSR count). The van der Waals surface area contributed by atoms with Gasteiger partial charge in [0.05, 0.1) is 16.4 Å². The van der Waals surface area contributed by atoms with Crippen molar-refractivity contribution in [2.24, 2.45) is 7.05 Å². The molecule has 7 heteroatoms. The van der Waals surface area contributed by atoms with Gasteiger partial charge in [0.1, 0.15) is 5.69 Å². The first-order valence-corrected chi connectivity index (χ1v) is 8.89. The molecule has 0 radical (unpaired) electrons. The molecule has 0 bridgehead atoms. The van der Waals surface area contributed by atoms with Crippen molar-refractivity contribution in [2.75, 3.05) is 6.79 Å². The van der Waals surface area contributed by atoms with Gasteiger partial charge < -0.3 is 24.3 Å². The zero-order valence-electron chi connectivity index (χ0n) is 15.1. The van der Waals surface area contributed by atoms with Gasteiger partial charge in [-0.15, -0.1) is 0 Å². The molecule has 1 aliphatic rings. The van der Waals surface area contributed by atoms with Crippen molar-refractivity contribution in [3.8, 4) is 11.5 Å². The summed E-state index contributed by atoms with van der Waals surface area (Å²) in [4.78, 5) is 28.1. The van der Waals surface area contributed by atoms with Crippen LogP contribution in [0.5, 0.6) is 11.5 Å². The van der Waals surface area contributed by atoms with Crippen LogP contribution in [0.2, 0.25) is 0 Å². The number of H-pyrrole nitrogens is 1. The topological polar surface area (TPSA) is 85.3 Å². The number of aromatic nitrogens is 2. The molecule has 0 saturated carbocycles. The Hall–Kier alpha value is -3.74. The Morgan fingerprint density at radius 1 is 1.11 bits per heavy atom. The second-order valence-electron chi connectivity index (χ2n) is 6.72. The summed E-state index contributed by atoms with van der Waals surface area (Å²) in [5.41, 5.74) is 2.61. The molecule has 3 heterocycles. The van der Waals surface area contributed by atoms with Crippen molar-refractivity contribution in [1.29, 1.82) is 0 Å². The Labute approximate surface area is 159 Å². The molecule has 0 aliphatic carbocycles. The number of fused-ring (bicyclic) bond motifs is 4. The largest absolute Gasteiger partial charge is 0.454 e. The van der Waals surface area contributed by atoms with E-state index in [9.17, 15) is 9.59 Å². The van der Waals surface area contributed by atoms with Crippen LogP contribution in [0.1, 0.15) is 16.1 Å². The van der Waals surface area contributed by atoms with E-state index in [2.05, 4.69) is 10.3 Å². The number of ether oxygens (including phenoxy) is 2. The van der Waals surface area contributed by atoms with Gasteiger partial charge in [-0.3, -0.25) is 9.59 Å². The Bertz CT molecular complexity index is 1300. The van der Waals surface area contributed by atoms with Gasteiger partial charge in [0, 0.05) is 19.0 Å². The first kappa shape index (κ1) is 16.4. The van der Waals surface area contributed by atoms with Crippen LogP contribution in [0.15, 0.2) is 53.3 Å². The van der Waals surface area contributed by atoms with Crippen molar-refractivity contribution in [3.63, 3.8) is 0 Å². The highest BCUT2D eigenvalue weighted by Gasteiger charge is 2.18. The van der Waals surface area contributed by atoms with E-state index in [0.717, 1.165) is 22.0 Å². The third-order valence-corrected chi connectivity index (χ3v) is 5.03. The van der Waals surface area contributed by atoms with E-state index in [0.29, 0.717) is 29.1 Å². The highest BCUT2D eigenvalue weighted by molar-refractivity contribution is 6.07. The Balaban J connectivity index is 1.48. The number of nitrogens with one attached hydrogen (secondary N) is 2. The summed E-state index contributed by atoms with van der Waals surface area (Å²) in [6.45, 7) is 0.553. The molecule has 2 aromatic carbocycles. The van der Waals surface area contributed by atoms with Crippen LogP contribution in [-0.2, 0) is 13.6 Å². The van der Waals surface area contributed by atoms with E-state index in [1.165, 1.54) is 0 Å². The number of pyridine rings is 1. The fourth-order valence-electron chi connectivity index (χ4n) is 3.63. The third kappa shape index (κ3) is 2.51. The van der Waals surface area contributed by atoms with Crippen LogP contribution in [0.3, 0.4) is 0 Å². The Kier molecular flexibility index (Phi) is 3.61. The zero-order chi connectivity index (χ0) is 19.3. The number of hydrogen-bond donors (Lipinski definition) is 2. The van der Waals surface area contributed by atoms with Crippen LogP contribution in [0.25, 0.3) is 21.8 Å². The predicted octanol–water partition coefficient (Wildman–Crippen LogP) is 2.68. The van der Waals surface area contributed by atoms with Crippen molar-refractivity contribution < 1.29 is 14.3 Å². The lowest BCUT2D eigenvalue weighted by molar-refractivity contribution is 0.0943. The molecular weight excluding hydrogens is 358 g/mol. The molecule has 1 amide bonds. The maximum absolute atomic E-state index is 12.8. The molecule has 0 fully saturated rings. The summed E-state index contributed by atoms with van der Waals surface area (Å²) in [6.07, 6.45) is 0. The smallest absolute Gasteiger partial charge is 0.268 e. The zero-order valence-corrected chi connectivity index (χ0v) is 15.1. The molecule has 2 N–H and O–H groups in total. The number of aromatic amines is 1. The van der Waals surface area contributed by atoms with Crippen LogP contribution in [0, 0.1) is 0 Å². The highest BCUT2D eigenvalue weighted by atomic mass is 16.7. The lowest BCUT2D eigenvalue weighted by Crippen LogP contribution is -2.24. The number of rotatable bonds is 3. The van der Waals surface area contributed by atoms with Gasteiger partial charge in [0.15, 0.2) is 11.5 Å². The normalized spacial score (nSPS) is 12.6. The molecule has 28 heavy (non-hydrogen) atoms. The number of carbonyl (C=O) groups excluding carboxylic acids is 1. The van der Waals surface area contributed by atoms with Crippen molar-refractivity contribution in [2.45, 2.75) is 6.54 Å². The summed E-state index contributed by atoms with van der Waals surface area (Å²) >= 11 is 0. The minimum absolute atomic E-state index is 0.209. The number of nitrogens with zero attached hydrogens (tertiary/aromatic N) is 1. The fraction of sp³-hybridized carbons (Fsp3) is 0.143. The first-order chi connectivity index (χ1) is 13.6. The molecule has 0 spiro atoms. The van der Waals surface area contributed by atoms with Crippen LogP contribution < -0.4 is 20.3 Å². The van der Waals surface area contributed by atoms with Gasteiger partial charge in [-0.05, 0) is 29.8 Å². The average molecular weight is 375 g/mol. The van der Waals surface area contributed by atoms with Crippen molar-refractivity contribution >= 4 is 27.7 Å². The number of hydrogen-bond acceptors (Lipinski definition) is 4. The summed E-state index contributed by atoms with van der Waals surface area (Å²) in [7, 11) is 1.80. The first-order valence-electron chi connectivity index (χ1n) is 8.89. The number of benzene rings is 2. The number of carbonyl (C=O) groups is 1. The molecule has 2 aromatic heterocycles. The maximum atomic E-state index is 12.8. The van der Waals surface area contributed by atoms with Crippen LogP contribution in [0.4, 0.5) is 0 Å². The van der Waals surface area contributed by atoms with Crippen molar-refractivity contribution in [3.05, 3.63) is 70.1 Å². The fourth-order valence-corrected chi connectivity index (χ4v) is 3.63. The minimum Gasteiger partial charge on any atom is -0.454 e. The van der Waals surface area contributed by atoms with Gasteiger partial charge in [-0.1, -0.05) is 24.3 Å². The molecule has 140 valence electrons. The maximum Gasteiger partial charge on any atom is 0.268 e. The molecule has 7 nitrogen and oxygen atoms in total. The van der Waals surface area contributed by atoms with Gasteiger partial charge in [0.25, 0.3) is 11.5 Å². The Morgan fingerprint density at radius 3 is 2.82 bits per heavy atom. The molecule has 1 aliphatic heterocycles. The van der Waals surface area contributed by atoms with Gasteiger partial charge in [-0.25, -0.2) is 0 Å². The third-order valence-electron chi connectivity index (χ3n) is 5.03. The summed E-state index contributed by atoms with van der Waals surface area (Å²) in [5.74, 6) is 1.13. The molecule has 0 saturated heterocycles. The Morgan fingerprint density at radius 2 is 1.93 bits per heavy atom. The summed E-state index contributed by atoms with van der Waals surface area (Å²) < 4.78 is 12.4. The van der Waals surface area contributed by atoms with E-state index < -0.39 is 0 Å². The minimum atomic E-state index is -0.250. The molecule has 4 aromatic rings. The highest BCUT2D eigenvalue weighted by Crippen LogP contribution is 2.32. The van der Waals surface area contributed by atoms with Gasteiger partial charge in [-0.2, -0.15) is 0 Å². The standard InChI is InChI=1S/C21H17N3O4/c1-24-16(9-14-19(24)13-4-2-3-5-15(13)23-20(14)25)21(26)22-10-12-6-7-17-18(8-12)28-11-27-17/h2-9H,10-11H2,1H3,(H,22,26)(H,23,25). The SMILES string of the molecule is Cn1c(C(=O)NCc2ccc3c(c2)OCO3)cc2c(=O)[nH]c3ccccc3c21. The van der Waals surface area contributed by atoms with Crippen molar-refractivity contribution in [1.82, 2.24) is 14.9 Å². The second-order valence-corrected chi connectivity index (χ2v) is 6.72. The number of amides is 1. The van der Waals surface area contributed by atoms with Gasteiger partial charge >= 0.3 is 0 Å². The lowest BCUT2D eigenvalue weighted by atomic mass is 10.1. The van der Waals surface area contributed by atoms with Gasteiger partial charge in [0.2, 0.25) is 6.79 Å².